The number of aryl methyl sites for hydroxylation is 1. The van der Waals surface area contributed by atoms with Crippen LogP contribution in [0.5, 0.6) is 5.75 Å². The van der Waals surface area contributed by atoms with Crippen molar-refractivity contribution in [3.8, 4) is 5.75 Å². The highest BCUT2D eigenvalue weighted by Crippen LogP contribution is 2.47. The van der Waals surface area contributed by atoms with E-state index in [9.17, 15) is 4.79 Å². The van der Waals surface area contributed by atoms with E-state index in [2.05, 4.69) is 6.07 Å². The Morgan fingerprint density at radius 3 is 2.61 bits per heavy atom. The molecule has 0 heterocycles. The van der Waals surface area contributed by atoms with Gasteiger partial charge in [-0.1, -0.05) is 12.1 Å². The van der Waals surface area contributed by atoms with Crippen LogP contribution in [0.3, 0.4) is 0 Å². The van der Waals surface area contributed by atoms with E-state index in [0.29, 0.717) is 5.92 Å². The van der Waals surface area contributed by atoms with Crippen LogP contribution in [0, 0.1) is 19.8 Å². The fourth-order valence-electron chi connectivity index (χ4n) is 2.59. The first kappa shape index (κ1) is 12.9. The molecule has 0 aromatic heterocycles. The molecule has 1 saturated carbocycles. The van der Waals surface area contributed by atoms with Crippen LogP contribution in [0.1, 0.15) is 41.9 Å². The minimum absolute atomic E-state index is 0.0942. The van der Waals surface area contributed by atoms with Gasteiger partial charge in [0.15, 0.2) is 0 Å². The second-order valence-corrected chi connectivity index (χ2v) is 5.17. The fourth-order valence-corrected chi connectivity index (χ4v) is 2.59. The minimum atomic E-state index is -0.729. The molecule has 1 fully saturated rings. The first-order chi connectivity index (χ1) is 8.54. The van der Waals surface area contributed by atoms with Gasteiger partial charge < -0.3 is 9.84 Å². The van der Waals surface area contributed by atoms with Crippen molar-refractivity contribution in [2.75, 3.05) is 7.11 Å². The van der Waals surface area contributed by atoms with Crippen LogP contribution in [0.2, 0.25) is 0 Å². The van der Waals surface area contributed by atoms with Gasteiger partial charge in [-0.25, -0.2) is 0 Å². The van der Waals surface area contributed by atoms with Crippen molar-refractivity contribution in [1.82, 2.24) is 0 Å². The van der Waals surface area contributed by atoms with Gasteiger partial charge in [0.25, 0.3) is 0 Å². The molecule has 0 spiro atoms. The topological polar surface area (TPSA) is 46.5 Å². The van der Waals surface area contributed by atoms with Crippen molar-refractivity contribution >= 4 is 5.97 Å². The van der Waals surface area contributed by atoms with Crippen molar-refractivity contribution in [2.45, 2.75) is 39.0 Å². The summed E-state index contributed by atoms with van der Waals surface area (Å²) in [5, 5.41) is 9.07. The quantitative estimate of drug-likeness (QED) is 0.869. The van der Waals surface area contributed by atoms with Crippen LogP contribution in [0.4, 0.5) is 0 Å². The second-order valence-electron chi connectivity index (χ2n) is 5.17. The smallest absolute Gasteiger partial charge is 0.303 e. The van der Waals surface area contributed by atoms with Gasteiger partial charge in [0.2, 0.25) is 0 Å². The molecular weight excluding hydrogens is 228 g/mol. The van der Waals surface area contributed by atoms with Gasteiger partial charge >= 0.3 is 5.97 Å². The third-order valence-electron chi connectivity index (χ3n) is 3.90. The highest BCUT2D eigenvalue weighted by atomic mass is 16.5. The Morgan fingerprint density at radius 2 is 2.11 bits per heavy atom. The van der Waals surface area contributed by atoms with Crippen molar-refractivity contribution in [3.05, 3.63) is 28.8 Å². The summed E-state index contributed by atoms with van der Waals surface area (Å²) in [5.41, 5.74) is 3.36. The maximum atomic E-state index is 11.0. The molecule has 2 rings (SSSR count). The lowest BCUT2D eigenvalue weighted by Gasteiger charge is -2.20. The third-order valence-corrected chi connectivity index (χ3v) is 3.90. The number of methoxy groups -OCH3 is 1. The summed E-state index contributed by atoms with van der Waals surface area (Å²) in [4.78, 5) is 11.0. The molecule has 18 heavy (non-hydrogen) atoms. The first-order valence-electron chi connectivity index (χ1n) is 6.40. The molecule has 1 aliphatic carbocycles. The molecule has 1 aliphatic rings. The van der Waals surface area contributed by atoms with E-state index >= 15 is 0 Å². The molecular formula is C15H20O3. The van der Waals surface area contributed by atoms with Gasteiger partial charge in [-0.3, -0.25) is 4.79 Å². The zero-order valence-electron chi connectivity index (χ0n) is 11.2. The van der Waals surface area contributed by atoms with Crippen LogP contribution < -0.4 is 4.74 Å². The minimum Gasteiger partial charge on any atom is -0.496 e. The average Bonchev–Trinajstić information content (AvgIpc) is 3.13. The van der Waals surface area contributed by atoms with E-state index in [1.165, 1.54) is 5.56 Å². The molecule has 0 radical (unpaired) electrons. The number of benzene rings is 1. The highest BCUT2D eigenvalue weighted by molar-refractivity contribution is 5.68. The molecule has 0 amide bonds. The van der Waals surface area contributed by atoms with Crippen LogP contribution >= 0.6 is 0 Å². The van der Waals surface area contributed by atoms with E-state index in [1.54, 1.807) is 7.11 Å². The summed E-state index contributed by atoms with van der Waals surface area (Å²) in [6.45, 7) is 4.08. The summed E-state index contributed by atoms with van der Waals surface area (Å²) >= 11 is 0. The number of carboxylic acid groups (broad SMARTS) is 1. The summed E-state index contributed by atoms with van der Waals surface area (Å²) < 4.78 is 5.50. The molecule has 1 aromatic carbocycles. The zero-order valence-corrected chi connectivity index (χ0v) is 11.2. The fraction of sp³-hybridized carbons (Fsp3) is 0.533. The summed E-state index contributed by atoms with van der Waals surface area (Å²) in [6, 6.07) is 4.09. The lowest BCUT2D eigenvalue weighted by Crippen LogP contribution is -2.10. The average molecular weight is 248 g/mol. The summed E-state index contributed by atoms with van der Waals surface area (Å²) in [7, 11) is 1.66. The Bertz CT molecular complexity index is 461. The summed E-state index contributed by atoms with van der Waals surface area (Å²) in [5.74, 6) is 0.745. The molecule has 98 valence electrons. The van der Waals surface area contributed by atoms with Crippen LogP contribution in [0.25, 0.3) is 0 Å². The van der Waals surface area contributed by atoms with Crippen LogP contribution in [-0.2, 0) is 4.79 Å². The molecule has 1 atom stereocenters. The van der Waals surface area contributed by atoms with E-state index in [1.807, 2.05) is 19.9 Å². The third kappa shape index (κ3) is 2.50. The molecule has 3 nitrogen and oxygen atoms in total. The number of ether oxygens (including phenoxy) is 1. The molecule has 0 saturated heterocycles. The van der Waals surface area contributed by atoms with Gasteiger partial charge in [-0.15, -0.1) is 0 Å². The van der Waals surface area contributed by atoms with Gasteiger partial charge in [-0.05, 0) is 49.3 Å². The predicted molar refractivity (Wildman–Crippen MR) is 70.2 cm³/mol. The maximum Gasteiger partial charge on any atom is 0.303 e. The van der Waals surface area contributed by atoms with E-state index in [0.717, 1.165) is 29.7 Å². The Kier molecular flexibility index (Phi) is 3.60. The Hall–Kier alpha value is -1.51. The molecule has 1 N–H and O–H groups in total. The van der Waals surface area contributed by atoms with Crippen LogP contribution in [-0.4, -0.2) is 18.2 Å². The summed E-state index contributed by atoms with van der Waals surface area (Å²) in [6.07, 6.45) is 2.46. The molecule has 0 bridgehead atoms. The number of hydrogen-bond donors (Lipinski definition) is 1. The lowest BCUT2D eigenvalue weighted by atomic mass is 9.88. The van der Waals surface area contributed by atoms with Crippen LogP contribution in [0.15, 0.2) is 12.1 Å². The van der Waals surface area contributed by atoms with Crippen molar-refractivity contribution in [1.29, 1.82) is 0 Å². The van der Waals surface area contributed by atoms with E-state index in [-0.39, 0.29) is 12.3 Å². The number of aliphatic carboxylic acids is 1. The number of carbonyl (C=O) groups is 1. The van der Waals surface area contributed by atoms with Gasteiger partial charge in [0.05, 0.1) is 13.5 Å². The Balaban J connectivity index is 2.40. The van der Waals surface area contributed by atoms with Gasteiger partial charge in [0.1, 0.15) is 5.75 Å². The Labute approximate surface area is 108 Å². The van der Waals surface area contributed by atoms with E-state index < -0.39 is 5.97 Å². The van der Waals surface area contributed by atoms with Gasteiger partial charge in [-0.2, -0.15) is 0 Å². The highest BCUT2D eigenvalue weighted by Gasteiger charge is 2.35. The number of rotatable bonds is 5. The largest absolute Gasteiger partial charge is 0.496 e. The monoisotopic (exact) mass is 248 g/mol. The van der Waals surface area contributed by atoms with Crippen molar-refractivity contribution in [3.63, 3.8) is 0 Å². The first-order valence-corrected chi connectivity index (χ1v) is 6.40. The SMILES string of the molecule is COc1c(C(CC(=O)O)C2CC2)ccc(C)c1C. The normalized spacial score (nSPS) is 16.4. The van der Waals surface area contributed by atoms with E-state index in [4.69, 9.17) is 9.84 Å². The molecule has 3 heteroatoms. The molecule has 1 aromatic rings. The van der Waals surface area contributed by atoms with Crippen molar-refractivity contribution in [2.24, 2.45) is 5.92 Å². The van der Waals surface area contributed by atoms with Gasteiger partial charge in [0, 0.05) is 5.92 Å². The zero-order chi connectivity index (χ0) is 13.3. The molecule has 1 unspecified atom stereocenters. The second kappa shape index (κ2) is 5.01. The lowest BCUT2D eigenvalue weighted by molar-refractivity contribution is -0.137. The number of carboxylic acids is 1. The Morgan fingerprint density at radius 1 is 1.44 bits per heavy atom. The maximum absolute atomic E-state index is 11.0. The number of hydrogen-bond acceptors (Lipinski definition) is 2. The predicted octanol–water partition coefficient (Wildman–Crippen LogP) is 3.28. The standard InChI is InChI=1S/C15H20O3/c1-9-4-7-12(15(18-3)10(9)2)13(8-14(16)17)11-5-6-11/h4,7,11,13H,5-6,8H2,1-3H3,(H,16,17). The van der Waals surface area contributed by atoms with Crippen molar-refractivity contribution < 1.29 is 14.6 Å². The molecule has 0 aliphatic heterocycles.